The van der Waals surface area contributed by atoms with Crippen molar-refractivity contribution in [1.29, 1.82) is 0 Å². The summed E-state index contributed by atoms with van der Waals surface area (Å²) in [4.78, 5) is 0. The number of hydrogen-bond acceptors (Lipinski definition) is 1. The van der Waals surface area contributed by atoms with Gasteiger partial charge < -0.3 is 5.11 Å². The molecule has 15 heavy (non-hydrogen) atoms. The molecule has 5 heteroatoms. The molecule has 0 bridgehead atoms. The smallest absolute Gasteiger partial charge is 0.203 e. The minimum absolute atomic E-state index is 0.0182. The van der Waals surface area contributed by atoms with E-state index in [1.807, 2.05) is 27.7 Å². The summed E-state index contributed by atoms with van der Waals surface area (Å²) in [6, 6.07) is 0.0182. The molecule has 0 spiro atoms. The van der Waals surface area contributed by atoms with E-state index < -0.39 is 29.0 Å². The van der Waals surface area contributed by atoms with E-state index in [1.165, 1.54) is 0 Å². The fraction of sp³-hybridized carbons (Fsp3) is 0.400. The molecule has 0 fully saturated rings. The van der Waals surface area contributed by atoms with Crippen LogP contribution in [0, 0.1) is 23.3 Å². The summed E-state index contributed by atoms with van der Waals surface area (Å²) < 4.78 is 48.4. The van der Waals surface area contributed by atoms with Crippen LogP contribution in [0.1, 0.15) is 27.7 Å². The number of phenolic OH excluding ortho intramolecular Hbond substituents is 1. The Kier molecular flexibility index (Phi) is 8.72. The second-order valence-electron chi connectivity index (χ2n) is 1.82. The SMILES string of the molecule is CC.CC.Oc1c(F)c(F)cc(F)c1F. The summed E-state index contributed by atoms with van der Waals surface area (Å²) in [6.45, 7) is 8.00. The highest BCUT2D eigenvalue weighted by Crippen LogP contribution is 2.24. The summed E-state index contributed by atoms with van der Waals surface area (Å²) in [5, 5.41) is 8.34. The topological polar surface area (TPSA) is 20.2 Å². The van der Waals surface area contributed by atoms with Gasteiger partial charge in [0.15, 0.2) is 17.4 Å². The monoisotopic (exact) mass is 226 g/mol. The summed E-state index contributed by atoms with van der Waals surface area (Å²) in [7, 11) is 0. The van der Waals surface area contributed by atoms with Gasteiger partial charge in [0.25, 0.3) is 0 Å². The Morgan fingerprint density at radius 2 is 1.07 bits per heavy atom. The molecule has 1 nitrogen and oxygen atoms in total. The van der Waals surface area contributed by atoms with Gasteiger partial charge in [-0.25, -0.2) is 8.78 Å². The Labute approximate surface area is 86.4 Å². The van der Waals surface area contributed by atoms with Crippen molar-refractivity contribution in [1.82, 2.24) is 0 Å². The molecule has 1 aromatic rings. The van der Waals surface area contributed by atoms with E-state index in [1.54, 1.807) is 0 Å². The van der Waals surface area contributed by atoms with Crippen LogP contribution in [-0.4, -0.2) is 5.11 Å². The molecule has 0 aromatic heterocycles. The molecule has 0 unspecified atom stereocenters. The van der Waals surface area contributed by atoms with Gasteiger partial charge in [-0.15, -0.1) is 0 Å². The highest BCUT2D eigenvalue weighted by Gasteiger charge is 2.17. The van der Waals surface area contributed by atoms with Crippen molar-refractivity contribution in [2.75, 3.05) is 0 Å². The molecule has 1 rings (SSSR count). The van der Waals surface area contributed by atoms with Crippen LogP contribution < -0.4 is 0 Å². The van der Waals surface area contributed by atoms with E-state index in [9.17, 15) is 17.6 Å². The van der Waals surface area contributed by atoms with Gasteiger partial charge in [-0.3, -0.25) is 0 Å². The highest BCUT2D eigenvalue weighted by atomic mass is 19.2. The zero-order valence-electron chi connectivity index (χ0n) is 9.04. The van der Waals surface area contributed by atoms with Gasteiger partial charge in [0, 0.05) is 6.07 Å². The summed E-state index contributed by atoms with van der Waals surface area (Å²) >= 11 is 0. The first-order valence-electron chi connectivity index (χ1n) is 4.56. The molecule has 0 aliphatic carbocycles. The lowest BCUT2D eigenvalue weighted by Gasteiger charge is -1.98. The van der Waals surface area contributed by atoms with Crippen LogP contribution in [0.3, 0.4) is 0 Å². The second-order valence-corrected chi connectivity index (χ2v) is 1.82. The predicted octanol–water partition coefficient (Wildman–Crippen LogP) is 4.00. The van der Waals surface area contributed by atoms with Gasteiger partial charge in [-0.1, -0.05) is 27.7 Å². The third-order valence-corrected chi connectivity index (χ3v) is 1.09. The maximum Gasteiger partial charge on any atom is 0.203 e. The number of rotatable bonds is 0. The van der Waals surface area contributed by atoms with Crippen LogP contribution in [0.25, 0.3) is 0 Å². The highest BCUT2D eigenvalue weighted by molar-refractivity contribution is 5.26. The average molecular weight is 226 g/mol. The normalized spacial score (nSPS) is 8.27. The number of benzene rings is 1. The molecule has 0 saturated heterocycles. The lowest BCUT2D eigenvalue weighted by molar-refractivity contribution is 0.356. The first-order valence-corrected chi connectivity index (χ1v) is 4.56. The van der Waals surface area contributed by atoms with Gasteiger partial charge in [-0.2, -0.15) is 8.78 Å². The standard InChI is InChI=1S/C6H2F4O.2C2H6/c7-2-1-3(8)5(10)6(11)4(2)9;2*1-2/h1,11H;2*1-2H3. The first kappa shape index (κ1) is 16.2. The molecule has 1 N–H and O–H groups in total. The van der Waals surface area contributed by atoms with Gasteiger partial charge in [0.05, 0.1) is 0 Å². The third kappa shape index (κ3) is 4.18. The summed E-state index contributed by atoms with van der Waals surface area (Å²) in [5.41, 5.74) is 0. The van der Waals surface area contributed by atoms with Gasteiger partial charge in [0.2, 0.25) is 11.6 Å². The number of hydrogen-bond donors (Lipinski definition) is 1. The molecule has 0 amide bonds. The van der Waals surface area contributed by atoms with Gasteiger partial charge in [0.1, 0.15) is 0 Å². The minimum atomic E-state index is -1.79. The Bertz CT molecular complexity index is 274. The van der Waals surface area contributed by atoms with Crippen molar-refractivity contribution in [3.8, 4) is 5.75 Å². The Hall–Kier alpha value is -1.26. The Morgan fingerprint density at radius 3 is 1.33 bits per heavy atom. The van der Waals surface area contributed by atoms with Crippen LogP contribution in [0.15, 0.2) is 6.07 Å². The summed E-state index contributed by atoms with van der Waals surface area (Å²) in [6.07, 6.45) is 0. The molecule has 1 aromatic carbocycles. The Morgan fingerprint density at radius 1 is 0.800 bits per heavy atom. The van der Waals surface area contributed by atoms with Crippen LogP contribution in [-0.2, 0) is 0 Å². The molecular weight excluding hydrogens is 212 g/mol. The second kappa shape index (κ2) is 8.08. The van der Waals surface area contributed by atoms with Gasteiger partial charge >= 0.3 is 0 Å². The molecule has 0 aliphatic rings. The van der Waals surface area contributed by atoms with Crippen molar-refractivity contribution in [2.24, 2.45) is 0 Å². The number of aromatic hydroxyl groups is 1. The minimum Gasteiger partial charge on any atom is -0.503 e. The maximum absolute atomic E-state index is 12.1. The van der Waals surface area contributed by atoms with E-state index in [-0.39, 0.29) is 6.07 Å². The van der Waals surface area contributed by atoms with E-state index in [0.717, 1.165) is 0 Å². The van der Waals surface area contributed by atoms with E-state index >= 15 is 0 Å². The lowest BCUT2D eigenvalue weighted by atomic mass is 10.3. The lowest BCUT2D eigenvalue weighted by Crippen LogP contribution is -1.92. The molecular formula is C10H14F4O. The summed E-state index contributed by atoms with van der Waals surface area (Å²) in [5.74, 6) is -8.46. The molecule has 0 heterocycles. The first-order chi connectivity index (χ1) is 7.04. The fourth-order valence-corrected chi connectivity index (χ4v) is 0.561. The van der Waals surface area contributed by atoms with Gasteiger partial charge in [-0.05, 0) is 0 Å². The Balaban J connectivity index is 0. The average Bonchev–Trinajstić information content (AvgIpc) is 2.29. The van der Waals surface area contributed by atoms with E-state index in [0.29, 0.717) is 0 Å². The van der Waals surface area contributed by atoms with Crippen LogP contribution in [0.4, 0.5) is 17.6 Å². The molecule has 0 aliphatic heterocycles. The van der Waals surface area contributed by atoms with Crippen LogP contribution in [0.2, 0.25) is 0 Å². The van der Waals surface area contributed by atoms with E-state index in [4.69, 9.17) is 5.11 Å². The van der Waals surface area contributed by atoms with Crippen molar-refractivity contribution < 1.29 is 22.7 Å². The molecule has 88 valence electrons. The van der Waals surface area contributed by atoms with Crippen molar-refractivity contribution in [3.05, 3.63) is 29.3 Å². The maximum atomic E-state index is 12.1. The molecule has 0 saturated carbocycles. The van der Waals surface area contributed by atoms with Crippen molar-refractivity contribution >= 4 is 0 Å². The molecule has 0 radical (unpaired) electrons. The molecule has 0 atom stereocenters. The fourth-order valence-electron chi connectivity index (χ4n) is 0.561. The van der Waals surface area contributed by atoms with Crippen LogP contribution >= 0.6 is 0 Å². The third-order valence-electron chi connectivity index (χ3n) is 1.09. The zero-order chi connectivity index (χ0) is 12.6. The largest absolute Gasteiger partial charge is 0.503 e. The van der Waals surface area contributed by atoms with Crippen molar-refractivity contribution in [3.63, 3.8) is 0 Å². The number of phenols is 1. The zero-order valence-corrected chi connectivity index (χ0v) is 9.04. The van der Waals surface area contributed by atoms with E-state index in [2.05, 4.69) is 0 Å². The number of halogens is 4. The van der Waals surface area contributed by atoms with Crippen molar-refractivity contribution in [2.45, 2.75) is 27.7 Å². The van der Waals surface area contributed by atoms with Crippen LogP contribution in [0.5, 0.6) is 5.75 Å². The predicted molar refractivity (Wildman–Crippen MR) is 50.6 cm³/mol. The quantitative estimate of drug-likeness (QED) is 0.523.